The summed E-state index contributed by atoms with van der Waals surface area (Å²) >= 11 is 0. The molecule has 0 aromatic carbocycles. The van der Waals surface area contributed by atoms with Crippen molar-refractivity contribution >= 4 is 0 Å². The summed E-state index contributed by atoms with van der Waals surface area (Å²) in [5.41, 5.74) is 0. The van der Waals surface area contributed by atoms with Gasteiger partial charge in [0, 0.05) is 19.8 Å². The lowest BCUT2D eigenvalue weighted by atomic mass is 10.1. The first-order valence-electron chi connectivity index (χ1n) is 5.78. The second-order valence-electron chi connectivity index (χ2n) is 3.95. The van der Waals surface area contributed by atoms with E-state index in [-0.39, 0.29) is 6.61 Å². The number of aliphatic hydroxyl groups is 2. The Hall–Kier alpha value is -0.160. The second-order valence-corrected chi connectivity index (χ2v) is 3.95. The van der Waals surface area contributed by atoms with Gasteiger partial charge in [-0.1, -0.05) is 6.92 Å². The molecule has 0 heterocycles. The van der Waals surface area contributed by atoms with Gasteiger partial charge in [0.1, 0.15) is 0 Å². The average Bonchev–Trinajstić information content (AvgIpc) is 2.25. The zero-order valence-electron chi connectivity index (χ0n) is 9.91. The smallest absolute Gasteiger partial charge is 0.0897 e. The van der Waals surface area contributed by atoms with Crippen LogP contribution < -0.4 is 5.32 Å². The van der Waals surface area contributed by atoms with Crippen molar-refractivity contribution in [1.82, 2.24) is 5.32 Å². The van der Waals surface area contributed by atoms with E-state index in [1.54, 1.807) is 0 Å². The molecule has 0 amide bonds. The monoisotopic (exact) mass is 219 g/mol. The van der Waals surface area contributed by atoms with Crippen molar-refractivity contribution in [3.05, 3.63) is 0 Å². The summed E-state index contributed by atoms with van der Waals surface area (Å²) in [6.07, 6.45) is 1.63. The molecule has 2 unspecified atom stereocenters. The maximum absolute atomic E-state index is 9.41. The van der Waals surface area contributed by atoms with Gasteiger partial charge in [0.05, 0.1) is 12.7 Å². The van der Waals surface area contributed by atoms with Crippen LogP contribution in [0.4, 0.5) is 0 Å². The summed E-state index contributed by atoms with van der Waals surface area (Å²) in [7, 11) is 0. The third kappa shape index (κ3) is 10.1. The molecule has 0 aliphatic carbocycles. The first-order chi connectivity index (χ1) is 7.20. The Balaban J connectivity index is 3.16. The largest absolute Gasteiger partial charge is 0.396 e. The van der Waals surface area contributed by atoms with Crippen molar-refractivity contribution < 1.29 is 14.9 Å². The van der Waals surface area contributed by atoms with Gasteiger partial charge >= 0.3 is 0 Å². The topological polar surface area (TPSA) is 61.7 Å². The predicted molar refractivity (Wildman–Crippen MR) is 60.9 cm³/mol. The molecular weight excluding hydrogens is 194 g/mol. The van der Waals surface area contributed by atoms with Gasteiger partial charge in [-0.15, -0.1) is 0 Å². The van der Waals surface area contributed by atoms with Crippen LogP contribution in [0, 0.1) is 5.92 Å². The molecule has 4 heteroatoms. The Morgan fingerprint density at radius 1 is 1.40 bits per heavy atom. The fourth-order valence-corrected chi connectivity index (χ4v) is 1.25. The molecule has 0 aromatic heterocycles. The third-order valence-electron chi connectivity index (χ3n) is 2.26. The van der Waals surface area contributed by atoms with Crippen LogP contribution >= 0.6 is 0 Å². The van der Waals surface area contributed by atoms with E-state index < -0.39 is 6.10 Å². The average molecular weight is 219 g/mol. The molecule has 0 bridgehead atoms. The Morgan fingerprint density at radius 3 is 2.73 bits per heavy atom. The number of rotatable bonds is 10. The maximum atomic E-state index is 9.41. The molecule has 92 valence electrons. The molecular formula is C11H25NO3. The normalized spacial score (nSPS) is 15.2. The summed E-state index contributed by atoms with van der Waals surface area (Å²) < 4.78 is 5.08. The van der Waals surface area contributed by atoms with E-state index in [9.17, 15) is 5.11 Å². The minimum atomic E-state index is -0.416. The molecule has 0 fully saturated rings. The van der Waals surface area contributed by atoms with Gasteiger partial charge in [0.25, 0.3) is 0 Å². The molecule has 0 aliphatic heterocycles. The summed E-state index contributed by atoms with van der Waals surface area (Å²) in [6.45, 7) is 6.70. The van der Waals surface area contributed by atoms with Gasteiger partial charge in [-0.2, -0.15) is 0 Å². The fourth-order valence-electron chi connectivity index (χ4n) is 1.25. The van der Waals surface area contributed by atoms with Crippen LogP contribution in [-0.2, 0) is 4.74 Å². The summed E-state index contributed by atoms with van der Waals surface area (Å²) in [6, 6.07) is 0. The Bertz CT molecular complexity index is 133. The fraction of sp³-hybridized carbons (Fsp3) is 1.00. The SMILES string of the molecule is CCOCC(O)CNCCCC(C)CO. The van der Waals surface area contributed by atoms with Crippen LogP contribution in [0.5, 0.6) is 0 Å². The summed E-state index contributed by atoms with van der Waals surface area (Å²) in [5, 5.41) is 21.4. The minimum absolute atomic E-state index is 0.257. The van der Waals surface area contributed by atoms with Crippen LogP contribution in [0.25, 0.3) is 0 Å². The molecule has 2 atom stereocenters. The first kappa shape index (κ1) is 14.8. The van der Waals surface area contributed by atoms with Crippen molar-refractivity contribution in [2.45, 2.75) is 32.8 Å². The number of hydrogen-bond donors (Lipinski definition) is 3. The highest BCUT2D eigenvalue weighted by Crippen LogP contribution is 2.02. The summed E-state index contributed by atoms with van der Waals surface area (Å²) in [4.78, 5) is 0. The zero-order valence-corrected chi connectivity index (χ0v) is 9.91. The highest BCUT2D eigenvalue weighted by atomic mass is 16.5. The van der Waals surface area contributed by atoms with Crippen LogP contribution in [-0.4, -0.2) is 49.2 Å². The van der Waals surface area contributed by atoms with Crippen LogP contribution in [0.15, 0.2) is 0 Å². The predicted octanol–water partition coefficient (Wildman–Crippen LogP) is 0.382. The molecule has 0 radical (unpaired) electrons. The number of ether oxygens (including phenoxy) is 1. The van der Waals surface area contributed by atoms with Crippen LogP contribution in [0.3, 0.4) is 0 Å². The summed E-state index contributed by atoms with van der Waals surface area (Å²) in [5.74, 6) is 0.375. The van der Waals surface area contributed by atoms with Crippen molar-refractivity contribution in [2.24, 2.45) is 5.92 Å². The van der Waals surface area contributed by atoms with E-state index in [2.05, 4.69) is 5.32 Å². The Kier molecular flexibility index (Phi) is 10.3. The van der Waals surface area contributed by atoms with Gasteiger partial charge in [-0.25, -0.2) is 0 Å². The van der Waals surface area contributed by atoms with Crippen molar-refractivity contribution in [1.29, 1.82) is 0 Å². The van der Waals surface area contributed by atoms with E-state index >= 15 is 0 Å². The van der Waals surface area contributed by atoms with Crippen LogP contribution in [0.2, 0.25) is 0 Å². The maximum Gasteiger partial charge on any atom is 0.0897 e. The lowest BCUT2D eigenvalue weighted by Gasteiger charge is -2.12. The number of hydrogen-bond acceptors (Lipinski definition) is 4. The van der Waals surface area contributed by atoms with E-state index in [0.717, 1.165) is 19.4 Å². The molecule has 0 aromatic rings. The van der Waals surface area contributed by atoms with Gasteiger partial charge in [0.2, 0.25) is 0 Å². The van der Waals surface area contributed by atoms with Crippen LogP contribution in [0.1, 0.15) is 26.7 Å². The third-order valence-corrected chi connectivity index (χ3v) is 2.26. The standard InChI is InChI=1S/C11H25NO3/c1-3-15-9-11(14)7-12-6-4-5-10(2)8-13/h10-14H,3-9H2,1-2H3. The molecule has 3 N–H and O–H groups in total. The van der Waals surface area contributed by atoms with Gasteiger partial charge < -0.3 is 20.3 Å². The Labute approximate surface area is 92.6 Å². The second kappa shape index (κ2) is 10.4. The van der Waals surface area contributed by atoms with E-state index in [4.69, 9.17) is 9.84 Å². The number of aliphatic hydroxyl groups excluding tert-OH is 2. The molecule has 15 heavy (non-hydrogen) atoms. The molecule has 0 saturated carbocycles. The highest BCUT2D eigenvalue weighted by Gasteiger charge is 2.03. The molecule has 0 saturated heterocycles. The zero-order chi connectivity index (χ0) is 11.5. The van der Waals surface area contributed by atoms with E-state index in [0.29, 0.717) is 25.7 Å². The first-order valence-corrected chi connectivity index (χ1v) is 5.78. The minimum Gasteiger partial charge on any atom is -0.396 e. The van der Waals surface area contributed by atoms with Crippen molar-refractivity contribution in [2.75, 3.05) is 32.9 Å². The van der Waals surface area contributed by atoms with Gasteiger partial charge in [-0.3, -0.25) is 0 Å². The molecule has 4 nitrogen and oxygen atoms in total. The lowest BCUT2D eigenvalue weighted by molar-refractivity contribution is 0.0429. The highest BCUT2D eigenvalue weighted by molar-refractivity contribution is 4.59. The Morgan fingerprint density at radius 2 is 2.13 bits per heavy atom. The van der Waals surface area contributed by atoms with Gasteiger partial charge in [0.15, 0.2) is 0 Å². The van der Waals surface area contributed by atoms with E-state index in [1.807, 2.05) is 13.8 Å². The quantitative estimate of drug-likeness (QED) is 0.465. The lowest BCUT2D eigenvalue weighted by Crippen LogP contribution is -2.31. The van der Waals surface area contributed by atoms with E-state index in [1.165, 1.54) is 0 Å². The number of nitrogens with one attached hydrogen (secondary N) is 1. The molecule has 0 spiro atoms. The van der Waals surface area contributed by atoms with Crippen molar-refractivity contribution in [3.8, 4) is 0 Å². The molecule has 0 aliphatic rings. The van der Waals surface area contributed by atoms with Gasteiger partial charge in [-0.05, 0) is 32.2 Å². The van der Waals surface area contributed by atoms with Crippen molar-refractivity contribution in [3.63, 3.8) is 0 Å². The molecule has 0 rings (SSSR count).